The van der Waals surface area contributed by atoms with Crippen LogP contribution in [0.25, 0.3) is 0 Å². The van der Waals surface area contributed by atoms with E-state index in [1.165, 1.54) is 24.5 Å². The molecular weight excluding hydrogens is 371 g/mol. The highest BCUT2D eigenvalue weighted by Crippen LogP contribution is 2.16. The highest BCUT2D eigenvalue weighted by atomic mass is 19.1. The van der Waals surface area contributed by atoms with Gasteiger partial charge >= 0.3 is 5.97 Å². The maximum atomic E-state index is 13.9. The summed E-state index contributed by atoms with van der Waals surface area (Å²) in [6.07, 6.45) is 2.45. The first-order chi connectivity index (χ1) is 13.3. The number of aromatic nitrogens is 2. The molecule has 10 nitrogen and oxygen atoms in total. The fourth-order valence-electron chi connectivity index (χ4n) is 2.30. The molecule has 0 spiro atoms. The number of imidazole rings is 1. The van der Waals surface area contributed by atoms with Gasteiger partial charge in [0.2, 0.25) is 11.8 Å². The van der Waals surface area contributed by atoms with Gasteiger partial charge in [-0.1, -0.05) is 0 Å². The number of halogens is 1. The van der Waals surface area contributed by atoms with E-state index in [-0.39, 0.29) is 42.3 Å². The summed E-state index contributed by atoms with van der Waals surface area (Å²) < 4.78 is 13.9. The molecule has 1 atom stereocenters. The number of carbonyl (C=O) groups excluding carboxylic acids is 2. The lowest BCUT2D eigenvalue weighted by atomic mass is 10.1. The van der Waals surface area contributed by atoms with Crippen LogP contribution in [0.15, 0.2) is 30.6 Å². The van der Waals surface area contributed by atoms with Crippen LogP contribution in [0.1, 0.15) is 30.1 Å². The molecule has 7 N–H and O–H groups in total. The first-order valence-electron chi connectivity index (χ1n) is 8.20. The van der Waals surface area contributed by atoms with Crippen LogP contribution in [0.2, 0.25) is 0 Å². The molecule has 2 amide bonds. The quantitative estimate of drug-likeness (QED) is 0.269. The highest BCUT2D eigenvalue weighted by Gasteiger charge is 2.23. The summed E-state index contributed by atoms with van der Waals surface area (Å²) in [6.45, 7) is -0.190. The second kappa shape index (κ2) is 9.26. The Bertz CT molecular complexity index is 884. The predicted octanol–water partition coefficient (Wildman–Crippen LogP) is 0.536. The standard InChI is InChI=1S/C17H19FN6O4/c18-11-7-9(15(19)20)1-2-12(11)24-14(26)4-3-13(25)23-8-10(17(27)28)16-21-5-6-22-16/h1-2,5-7,10H,3-4,8H2,(H3,19,20)(H,21,22)(H,23,25)(H,24,26)(H,27,28). The molecule has 1 aromatic carbocycles. The molecule has 0 saturated heterocycles. The lowest BCUT2D eigenvalue weighted by molar-refractivity contribution is -0.139. The van der Waals surface area contributed by atoms with E-state index in [1.54, 1.807) is 0 Å². The molecule has 0 fully saturated rings. The Morgan fingerprint density at radius 1 is 1.29 bits per heavy atom. The summed E-state index contributed by atoms with van der Waals surface area (Å²) in [5, 5.41) is 21.2. The van der Waals surface area contributed by atoms with Crippen molar-refractivity contribution in [2.24, 2.45) is 5.73 Å². The molecule has 148 valence electrons. The third kappa shape index (κ3) is 5.62. The monoisotopic (exact) mass is 390 g/mol. The Morgan fingerprint density at radius 3 is 2.57 bits per heavy atom. The molecule has 1 aromatic heterocycles. The van der Waals surface area contributed by atoms with Crippen molar-refractivity contribution in [2.75, 3.05) is 11.9 Å². The normalized spacial score (nSPS) is 11.5. The minimum Gasteiger partial charge on any atom is -0.481 e. The van der Waals surface area contributed by atoms with Crippen molar-refractivity contribution in [3.8, 4) is 0 Å². The topological polar surface area (TPSA) is 174 Å². The Morgan fingerprint density at radius 2 is 2.00 bits per heavy atom. The summed E-state index contributed by atoms with van der Waals surface area (Å²) in [7, 11) is 0. The molecule has 1 heterocycles. The van der Waals surface area contributed by atoms with Gasteiger partial charge in [0.25, 0.3) is 0 Å². The third-order valence-electron chi connectivity index (χ3n) is 3.78. The minimum absolute atomic E-state index is 0.0980. The molecule has 0 radical (unpaired) electrons. The van der Waals surface area contributed by atoms with E-state index in [1.807, 2.05) is 0 Å². The van der Waals surface area contributed by atoms with Crippen LogP contribution in [-0.4, -0.2) is 45.2 Å². The van der Waals surface area contributed by atoms with Crippen molar-refractivity contribution in [2.45, 2.75) is 18.8 Å². The number of H-pyrrole nitrogens is 1. The zero-order valence-corrected chi connectivity index (χ0v) is 14.7. The van der Waals surface area contributed by atoms with Crippen molar-refractivity contribution < 1.29 is 23.9 Å². The zero-order valence-electron chi connectivity index (χ0n) is 14.7. The lowest BCUT2D eigenvalue weighted by Crippen LogP contribution is -2.32. The van der Waals surface area contributed by atoms with E-state index in [9.17, 15) is 23.9 Å². The van der Waals surface area contributed by atoms with Crippen molar-refractivity contribution >= 4 is 29.3 Å². The number of hydrogen-bond acceptors (Lipinski definition) is 5. The number of amidine groups is 1. The summed E-state index contributed by atoms with van der Waals surface area (Å²) in [6, 6.07) is 3.67. The molecule has 1 unspecified atom stereocenters. The van der Waals surface area contributed by atoms with Gasteiger partial charge in [-0.05, 0) is 18.2 Å². The molecule has 0 bridgehead atoms. The van der Waals surface area contributed by atoms with Gasteiger partial charge < -0.3 is 26.5 Å². The number of aromatic amines is 1. The lowest BCUT2D eigenvalue weighted by Gasteiger charge is -2.11. The summed E-state index contributed by atoms with van der Waals surface area (Å²) in [5.74, 6) is -4.17. The fraction of sp³-hybridized carbons (Fsp3) is 0.235. The van der Waals surface area contributed by atoms with E-state index < -0.39 is 29.5 Å². The molecule has 2 aromatic rings. The van der Waals surface area contributed by atoms with Crippen LogP contribution in [0.3, 0.4) is 0 Å². The zero-order chi connectivity index (χ0) is 20.7. The summed E-state index contributed by atoms with van der Waals surface area (Å²) in [5.41, 5.74) is 5.34. The molecule has 0 aliphatic rings. The Kier molecular flexibility index (Phi) is 6.79. The van der Waals surface area contributed by atoms with Crippen LogP contribution >= 0.6 is 0 Å². The van der Waals surface area contributed by atoms with Gasteiger partial charge in [-0.25, -0.2) is 9.37 Å². The smallest absolute Gasteiger partial charge is 0.316 e. The molecule has 0 aliphatic carbocycles. The molecule has 11 heteroatoms. The van der Waals surface area contributed by atoms with Crippen LogP contribution in [0.4, 0.5) is 10.1 Å². The average Bonchev–Trinajstić information content (AvgIpc) is 3.15. The number of nitrogen functional groups attached to an aromatic ring is 1. The number of hydrogen-bond donors (Lipinski definition) is 6. The molecule has 0 aliphatic heterocycles. The van der Waals surface area contributed by atoms with Gasteiger partial charge in [0, 0.05) is 37.3 Å². The number of rotatable bonds is 9. The van der Waals surface area contributed by atoms with Gasteiger partial charge in [0.05, 0.1) is 5.69 Å². The van der Waals surface area contributed by atoms with Crippen LogP contribution in [0, 0.1) is 11.2 Å². The molecule has 2 rings (SSSR count). The highest BCUT2D eigenvalue weighted by molar-refractivity contribution is 5.97. The number of carboxylic acids is 1. The number of aliphatic carboxylic acids is 1. The molecular formula is C17H19FN6O4. The van der Waals surface area contributed by atoms with Crippen LogP contribution < -0.4 is 16.4 Å². The Hall–Kier alpha value is -3.76. The van der Waals surface area contributed by atoms with E-state index in [0.717, 1.165) is 6.07 Å². The van der Waals surface area contributed by atoms with E-state index >= 15 is 0 Å². The van der Waals surface area contributed by atoms with Gasteiger partial charge in [-0.3, -0.25) is 19.8 Å². The van der Waals surface area contributed by atoms with Crippen LogP contribution in [0.5, 0.6) is 0 Å². The number of nitrogens with one attached hydrogen (secondary N) is 4. The Balaban J connectivity index is 1.81. The summed E-state index contributed by atoms with van der Waals surface area (Å²) in [4.78, 5) is 41.5. The minimum atomic E-state index is -1.16. The second-order valence-corrected chi connectivity index (χ2v) is 5.83. The van der Waals surface area contributed by atoms with Crippen molar-refractivity contribution in [3.05, 3.63) is 47.8 Å². The Labute approximate surface area is 158 Å². The van der Waals surface area contributed by atoms with Gasteiger partial charge in [0.1, 0.15) is 23.4 Å². The van der Waals surface area contributed by atoms with Crippen molar-refractivity contribution in [1.82, 2.24) is 15.3 Å². The van der Waals surface area contributed by atoms with E-state index in [2.05, 4.69) is 20.6 Å². The maximum absolute atomic E-state index is 13.9. The number of nitrogens with zero attached hydrogens (tertiary/aromatic N) is 1. The average molecular weight is 390 g/mol. The first kappa shape index (κ1) is 20.6. The molecule has 28 heavy (non-hydrogen) atoms. The fourth-order valence-corrected chi connectivity index (χ4v) is 2.30. The van der Waals surface area contributed by atoms with E-state index in [0.29, 0.717) is 0 Å². The van der Waals surface area contributed by atoms with Gasteiger partial charge in [0.15, 0.2) is 0 Å². The first-order valence-corrected chi connectivity index (χ1v) is 8.20. The van der Waals surface area contributed by atoms with Gasteiger partial charge in [-0.15, -0.1) is 0 Å². The number of nitrogens with two attached hydrogens (primary N) is 1. The number of carbonyl (C=O) groups is 3. The SMILES string of the molecule is N=C(N)c1ccc(NC(=O)CCC(=O)NCC(C(=O)O)c2ncc[nH]2)c(F)c1. The summed E-state index contributed by atoms with van der Waals surface area (Å²) >= 11 is 0. The van der Waals surface area contributed by atoms with E-state index in [4.69, 9.17) is 11.1 Å². The van der Waals surface area contributed by atoms with Crippen LogP contribution in [-0.2, 0) is 14.4 Å². The number of carboxylic acid groups (broad SMARTS) is 1. The largest absolute Gasteiger partial charge is 0.481 e. The van der Waals surface area contributed by atoms with Gasteiger partial charge in [-0.2, -0.15) is 0 Å². The predicted molar refractivity (Wildman–Crippen MR) is 97.3 cm³/mol. The van der Waals surface area contributed by atoms with Crippen molar-refractivity contribution in [3.63, 3.8) is 0 Å². The maximum Gasteiger partial charge on any atom is 0.316 e. The second-order valence-electron chi connectivity index (χ2n) is 5.83. The molecule has 0 saturated carbocycles. The number of amides is 2. The van der Waals surface area contributed by atoms with Crippen molar-refractivity contribution in [1.29, 1.82) is 5.41 Å². The number of benzene rings is 1. The third-order valence-corrected chi connectivity index (χ3v) is 3.78. The number of anilines is 1.